The summed E-state index contributed by atoms with van der Waals surface area (Å²) in [6.07, 6.45) is 1.72. The number of fused-ring (bicyclic) bond motifs is 1. The van der Waals surface area contributed by atoms with E-state index in [1.807, 2.05) is 12.1 Å². The lowest BCUT2D eigenvalue weighted by Gasteiger charge is -2.24. The first-order valence-corrected chi connectivity index (χ1v) is 12.3. The number of carbonyl (C=O) groups is 1. The van der Waals surface area contributed by atoms with Gasteiger partial charge in [0.25, 0.3) is 5.56 Å². The maximum Gasteiger partial charge on any atom is 0.338 e. The maximum absolute atomic E-state index is 13.8. The minimum absolute atomic E-state index is 0.203. The zero-order valence-electron chi connectivity index (χ0n) is 21.5. The van der Waals surface area contributed by atoms with Crippen molar-refractivity contribution in [1.82, 2.24) is 4.57 Å². The molecule has 9 nitrogen and oxygen atoms in total. The molecule has 0 N–H and O–H groups in total. The molecule has 37 heavy (non-hydrogen) atoms. The highest BCUT2D eigenvalue weighted by Crippen LogP contribution is 2.35. The van der Waals surface area contributed by atoms with Crippen LogP contribution in [0.4, 0.5) is 0 Å². The summed E-state index contributed by atoms with van der Waals surface area (Å²) >= 11 is 1.23. The van der Waals surface area contributed by atoms with Gasteiger partial charge in [0.05, 0.1) is 56.9 Å². The quantitative estimate of drug-likeness (QED) is 0.418. The van der Waals surface area contributed by atoms with E-state index < -0.39 is 12.0 Å². The normalized spacial score (nSPS) is 15.1. The van der Waals surface area contributed by atoms with Crippen molar-refractivity contribution in [1.29, 1.82) is 0 Å². The van der Waals surface area contributed by atoms with E-state index >= 15 is 0 Å². The van der Waals surface area contributed by atoms with E-state index in [-0.39, 0.29) is 12.2 Å². The van der Waals surface area contributed by atoms with Gasteiger partial charge >= 0.3 is 5.97 Å². The highest BCUT2D eigenvalue weighted by molar-refractivity contribution is 7.07. The van der Waals surface area contributed by atoms with Crippen LogP contribution in [0.2, 0.25) is 0 Å². The van der Waals surface area contributed by atoms with Gasteiger partial charge in [0.15, 0.2) is 16.3 Å². The Labute approximate surface area is 217 Å². The predicted molar refractivity (Wildman–Crippen MR) is 139 cm³/mol. The van der Waals surface area contributed by atoms with Gasteiger partial charge in [0.1, 0.15) is 11.5 Å². The highest BCUT2D eigenvalue weighted by atomic mass is 32.1. The van der Waals surface area contributed by atoms with Crippen LogP contribution >= 0.6 is 11.3 Å². The minimum Gasteiger partial charge on any atom is -0.497 e. The summed E-state index contributed by atoms with van der Waals surface area (Å²) in [6, 6.07) is 9.97. The number of rotatable bonds is 8. The molecule has 0 spiro atoms. The molecule has 0 bridgehead atoms. The minimum atomic E-state index is -0.712. The highest BCUT2D eigenvalue weighted by Gasteiger charge is 2.33. The lowest BCUT2D eigenvalue weighted by Crippen LogP contribution is -2.39. The number of nitrogens with zero attached hydrogens (tertiary/aromatic N) is 2. The zero-order valence-corrected chi connectivity index (χ0v) is 22.3. The standard InChI is InChI=1S/C27H28N2O7S/c1-7-36-26(31)23-15(2)28-27-29(24(23)16-8-10-18(32-3)11-9-16)25(30)22(37-27)13-17-12-20(34-5)21(35-6)14-19(17)33-4/h8-14,24H,7H2,1-6H3/b22-13+/t24-/m1/s1. The molecule has 1 aliphatic heterocycles. The van der Waals surface area contributed by atoms with Gasteiger partial charge in [0, 0.05) is 11.6 Å². The average molecular weight is 525 g/mol. The summed E-state index contributed by atoms with van der Waals surface area (Å²) < 4.78 is 28.9. The van der Waals surface area contributed by atoms with Crippen LogP contribution < -0.4 is 33.8 Å². The fourth-order valence-corrected chi connectivity index (χ4v) is 5.24. The number of hydrogen-bond donors (Lipinski definition) is 0. The van der Waals surface area contributed by atoms with Gasteiger partial charge in [-0.15, -0.1) is 0 Å². The number of carbonyl (C=O) groups excluding carboxylic acids is 1. The maximum atomic E-state index is 13.8. The molecule has 0 aliphatic carbocycles. The average Bonchev–Trinajstić information content (AvgIpc) is 3.21. The number of allylic oxidation sites excluding steroid dienone is 1. The second-order valence-electron chi connectivity index (χ2n) is 8.02. The fourth-order valence-electron chi connectivity index (χ4n) is 4.20. The Hall–Kier alpha value is -4.05. The Bertz CT molecular complexity index is 1530. The summed E-state index contributed by atoms with van der Waals surface area (Å²) in [5.41, 5.74) is 1.88. The molecular formula is C27H28N2O7S. The third-order valence-electron chi connectivity index (χ3n) is 5.97. The van der Waals surface area contributed by atoms with E-state index in [1.54, 1.807) is 58.4 Å². The Balaban J connectivity index is 1.95. The molecule has 0 saturated heterocycles. The third kappa shape index (κ3) is 4.84. The first kappa shape index (κ1) is 26.0. The molecule has 2 aromatic carbocycles. The van der Waals surface area contributed by atoms with Crippen LogP contribution in [0.3, 0.4) is 0 Å². The summed E-state index contributed by atoms with van der Waals surface area (Å²) in [5.74, 6) is 1.67. The molecule has 1 aliphatic rings. The summed E-state index contributed by atoms with van der Waals surface area (Å²) in [5, 5.41) is 0. The van der Waals surface area contributed by atoms with Gasteiger partial charge in [-0.05, 0) is 43.7 Å². The van der Waals surface area contributed by atoms with Crippen LogP contribution in [0.15, 0.2) is 57.5 Å². The number of aromatic nitrogens is 1. The summed E-state index contributed by atoms with van der Waals surface area (Å²) in [4.78, 5) is 31.9. The predicted octanol–water partition coefficient (Wildman–Crippen LogP) is 2.83. The molecule has 4 rings (SSSR count). The monoisotopic (exact) mass is 524 g/mol. The Kier molecular flexibility index (Phi) is 7.68. The Morgan fingerprint density at radius 1 is 1.00 bits per heavy atom. The van der Waals surface area contributed by atoms with E-state index in [1.165, 1.54) is 30.1 Å². The molecule has 3 aromatic rings. The number of hydrogen-bond acceptors (Lipinski definition) is 9. The van der Waals surface area contributed by atoms with Crippen molar-refractivity contribution in [2.24, 2.45) is 4.99 Å². The van der Waals surface area contributed by atoms with Crippen molar-refractivity contribution < 1.29 is 28.5 Å². The van der Waals surface area contributed by atoms with Crippen molar-refractivity contribution >= 4 is 23.4 Å². The van der Waals surface area contributed by atoms with Gasteiger partial charge in [-0.2, -0.15) is 0 Å². The van der Waals surface area contributed by atoms with Crippen LogP contribution in [-0.2, 0) is 9.53 Å². The summed E-state index contributed by atoms with van der Waals surface area (Å²) in [6.45, 7) is 3.69. The van der Waals surface area contributed by atoms with Gasteiger partial charge in [-0.3, -0.25) is 9.36 Å². The van der Waals surface area contributed by atoms with Crippen molar-refractivity contribution in [2.45, 2.75) is 19.9 Å². The van der Waals surface area contributed by atoms with Crippen molar-refractivity contribution in [3.8, 4) is 23.0 Å². The van der Waals surface area contributed by atoms with E-state index in [9.17, 15) is 9.59 Å². The van der Waals surface area contributed by atoms with E-state index in [0.717, 1.165) is 5.56 Å². The molecule has 1 aromatic heterocycles. The Morgan fingerprint density at radius 3 is 2.24 bits per heavy atom. The zero-order chi connectivity index (χ0) is 26.7. The molecule has 0 fully saturated rings. The molecule has 10 heteroatoms. The second-order valence-corrected chi connectivity index (χ2v) is 9.03. The molecule has 0 saturated carbocycles. The lowest BCUT2D eigenvalue weighted by atomic mass is 9.96. The van der Waals surface area contributed by atoms with Crippen LogP contribution in [-0.4, -0.2) is 45.6 Å². The molecule has 2 heterocycles. The number of ether oxygens (including phenoxy) is 5. The van der Waals surface area contributed by atoms with Crippen molar-refractivity contribution in [3.05, 3.63) is 78.5 Å². The molecule has 1 atom stereocenters. The second kappa shape index (κ2) is 10.9. The van der Waals surface area contributed by atoms with E-state index in [0.29, 0.717) is 49.2 Å². The van der Waals surface area contributed by atoms with Gasteiger partial charge in [0.2, 0.25) is 0 Å². The topological polar surface area (TPSA) is 97.6 Å². The smallest absolute Gasteiger partial charge is 0.338 e. The summed E-state index contributed by atoms with van der Waals surface area (Å²) in [7, 11) is 6.20. The molecule has 194 valence electrons. The van der Waals surface area contributed by atoms with E-state index in [4.69, 9.17) is 23.7 Å². The van der Waals surface area contributed by atoms with Gasteiger partial charge in [-0.1, -0.05) is 23.5 Å². The molecule has 0 unspecified atom stereocenters. The van der Waals surface area contributed by atoms with Crippen LogP contribution in [0, 0.1) is 0 Å². The molecule has 0 radical (unpaired) electrons. The largest absolute Gasteiger partial charge is 0.497 e. The first-order chi connectivity index (χ1) is 17.9. The number of methoxy groups -OCH3 is 4. The number of benzene rings is 2. The SMILES string of the molecule is CCOC(=O)C1=C(C)N=c2s/c(=C/c3cc(OC)c(OC)cc3OC)c(=O)n2[C@@H]1c1ccc(OC)cc1. The molecular weight excluding hydrogens is 496 g/mol. The van der Waals surface area contributed by atoms with Crippen molar-refractivity contribution in [2.75, 3.05) is 35.0 Å². The number of thiazole rings is 1. The van der Waals surface area contributed by atoms with Gasteiger partial charge < -0.3 is 23.7 Å². The van der Waals surface area contributed by atoms with Gasteiger partial charge in [-0.25, -0.2) is 9.79 Å². The first-order valence-electron chi connectivity index (χ1n) is 11.5. The fraction of sp³-hybridized carbons (Fsp3) is 0.296. The number of esters is 1. The van der Waals surface area contributed by atoms with Crippen LogP contribution in [0.25, 0.3) is 6.08 Å². The van der Waals surface area contributed by atoms with E-state index in [2.05, 4.69) is 4.99 Å². The Morgan fingerprint density at radius 2 is 1.65 bits per heavy atom. The molecule has 0 amide bonds. The van der Waals surface area contributed by atoms with Crippen molar-refractivity contribution in [3.63, 3.8) is 0 Å². The van der Waals surface area contributed by atoms with Crippen LogP contribution in [0.1, 0.15) is 31.0 Å². The van der Waals surface area contributed by atoms with Crippen LogP contribution in [0.5, 0.6) is 23.0 Å². The lowest BCUT2D eigenvalue weighted by molar-refractivity contribution is -0.139. The third-order valence-corrected chi connectivity index (χ3v) is 6.95.